The van der Waals surface area contributed by atoms with E-state index in [0.717, 1.165) is 12.1 Å². The van der Waals surface area contributed by atoms with Gasteiger partial charge in [0.1, 0.15) is 0 Å². The molecule has 0 aromatic heterocycles. The lowest BCUT2D eigenvalue weighted by Gasteiger charge is -2.39. The Kier molecular flexibility index (Phi) is 6.45. The number of alkyl halides is 6. The molecule has 4 rings (SSSR count). The molecule has 0 aliphatic heterocycles. The molecular formula is C27H22F6O4. The Morgan fingerprint density at radius 2 is 1.03 bits per heavy atom. The van der Waals surface area contributed by atoms with Crippen LogP contribution in [0.5, 0.6) is 0 Å². The summed E-state index contributed by atoms with van der Waals surface area (Å²) in [5.74, 6) is -4.03. The quantitative estimate of drug-likeness (QED) is 0.418. The van der Waals surface area contributed by atoms with E-state index in [1.807, 2.05) is 0 Å². The average Bonchev–Trinajstić information content (AvgIpc) is 2.82. The van der Waals surface area contributed by atoms with E-state index >= 15 is 0 Å². The van der Waals surface area contributed by atoms with E-state index in [0.29, 0.717) is 30.7 Å². The second kappa shape index (κ2) is 8.92. The van der Waals surface area contributed by atoms with Crippen LogP contribution in [-0.2, 0) is 5.41 Å². The van der Waals surface area contributed by atoms with Gasteiger partial charge in [-0.3, -0.25) is 19.2 Å². The molecule has 2 aliphatic carbocycles. The smallest absolute Gasteiger partial charge is 0.294 e. The van der Waals surface area contributed by atoms with Gasteiger partial charge in [0, 0.05) is 46.9 Å². The molecule has 0 saturated carbocycles. The Balaban J connectivity index is 2.02. The average molecular weight is 524 g/mol. The van der Waals surface area contributed by atoms with Gasteiger partial charge in [-0.15, -0.1) is 0 Å². The number of ketones is 4. The molecule has 0 spiro atoms. The van der Waals surface area contributed by atoms with E-state index in [9.17, 15) is 45.5 Å². The van der Waals surface area contributed by atoms with Gasteiger partial charge in [-0.05, 0) is 36.1 Å². The van der Waals surface area contributed by atoms with E-state index in [2.05, 4.69) is 0 Å². The minimum absolute atomic E-state index is 0.176. The minimum Gasteiger partial charge on any atom is -0.294 e. The fourth-order valence-corrected chi connectivity index (χ4v) is 5.38. The van der Waals surface area contributed by atoms with Crippen molar-refractivity contribution in [3.05, 3.63) is 69.8 Å². The number of carbonyl (C=O) groups excluding carboxylic acids is 4. The lowest BCUT2D eigenvalue weighted by molar-refractivity contribution is -0.288. The van der Waals surface area contributed by atoms with Gasteiger partial charge in [0.15, 0.2) is 23.1 Å². The Morgan fingerprint density at radius 3 is 1.49 bits per heavy atom. The highest BCUT2D eigenvalue weighted by Gasteiger charge is 2.72. The zero-order valence-corrected chi connectivity index (χ0v) is 19.8. The van der Waals surface area contributed by atoms with Crippen LogP contribution in [0.4, 0.5) is 26.3 Å². The Morgan fingerprint density at radius 1 is 0.622 bits per heavy atom. The largest absolute Gasteiger partial charge is 0.411 e. The van der Waals surface area contributed by atoms with Gasteiger partial charge in [0.2, 0.25) is 5.41 Å². The zero-order valence-electron chi connectivity index (χ0n) is 19.8. The third-order valence-electron chi connectivity index (χ3n) is 7.48. The Hall–Kier alpha value is -3.30. The third-order valence-corrected chi connectivity index (χ3v) is 7.48. The van der Waals surface area contributed by atoms with Gasteiger partial charge in [-0.2, -0.15) is 26.3 Å². The highest BCUT2D eigenvalue weighted by molar-refractivity contribution is 6.16. The molecule has 2 aromatic carbocycles. The lowest BCUT2D eigenvalue weighted by atomic mass is 9.69. The first-order valence-electron chi connectivity index (χ1n) is 11.8. The number of carbonyl (C=O) groups is 4. The summed E-state index contributed by atoms with van der Waals surface area (Å²) in [6.07, 6.45) is -11.9. The molecule has 2 atom stereocenters. The maximum Gasteiger partial charge on any atom is 0.411 e. The summed E-state index contributed by atoms with van der Waals surface area (Å²) in [5.41, 5.74) is -8.67. The highest BCUT2D eigenvalue weighted by Crippen LogP contribution is 2.57. The lowest BCUT2D eigenvalue weighted by Crippen LogP contribution is -2.55. The van der Waals surface area contributed by atoms with Crippen LogP contribution in [0.25, 0.3) is 0 Å². The summed E-state index contributed by atoms with van der Waals surface area (Å²) in [6.45, 7) is 3.24. The van der Waals surface area contributed by atoms with Crippen molar-refractivity contribution in [2.24, 2.45) is 11.8 Å². The summed E-state index contributed by atoms with van der Waals surface area (Å²) in [5, 5.41) is 0. The second-order valence-electron chi connectivity index (χ2n) is 9.46. The molecule has 4 nitrogen and oxygen atoms in total. The van der Waals surface area contributed by atoms with E-state index in [4.69, 9.17) is 0 Å². The number of benzene rings is 2. The van der Waals surface area contributed by atoms with Crippen molar-refractivity contribution in [1.29, 1.82) is 0 Å². The van der Waals surface area contributed by atoms with Crippen molar-refractivity contribution in [1.82, 2.24) is 0 Å². The first-order valence-corrected chi connectivity index (χ1v) is 11.8. The molecule has 10 heteroatoms. The minimum atomic E-state index is -5.96. The molecule has 0 N–H and O–H groups in total. The van der Waals surface area contributed by atoms with Crippen LogP contribution in [0.15, 0.2) is 36.4 Å². The first kappa shape index (κ1) is 26.8. The summed E-state index contributed by atoms with van der Waals surface area (Å²) in [4.78, 5) is 50.6. The number of Topliss-reactive ketones (excluding diaryl/α,β-unsaturated/α-hetero) is 4. The molecule has 0 bridgehead atoms. The molecule has 0 heterocycles. The maximum absolute atomic E-state index is 14.7. The van der Waals surface area contributed by atoms with Crippen molar-refractivity contribution in [3.63, 3.8) is 0 Å². The van der Waals surface area contributed by atoms with Gasteiger partial charge >= 0.3 is 12.4 Å². The topological polar surface area (TPSA) is 68.3 Å². The predicted molar refractivity (Wildman–Crippen MR) is 120 cm³/mol. The van der Waals surface area contributed by atoms with Crippen LogP contribution in [0.3, 0.4) is 0 Å². The van der Waals surface area contributed by atoms with Crippen LogP contribution in [0.2, 0.25) is 0 Å². The number of hydrogen-bond acceptors (Lipinski definition) is 4. The molecule has 196 valence electrons. The fraction of sp³-hybridized carbons (Fsp3) is 0.407. The summed E-state index contributed by atoms with van der Waals surface area (Å²) in [7, 11) is 0. The van der Waals surface area contributed by atoms with E-state index in [1.54, 1.807) is 13.8 Å². The molecule has 0 saturated heterocycles. The van der Waals surface area contributed by atoms with Crippen LogP contribution >= 0.6 is 0 Å². The van der Waals surface area contributed by atoms with Crippen LogP contribution in [0, 0.1) is 11.8 Å². The van der Waals surface area contributed by atoms with E-state index < -0.39 is 75.0 Å². The van der Waals surface area contributed by atoms with Gasteiger partial charge in [0.05, 0.1) is 0 Å². The summed E-state index contributed by atoms with van der Waals surface area (Å²) >= 11 is 0. The van der Waals surface area contributed by atoms with Gasteiger partial charge in [-0.1, -0.05) is 38.1 Å². The fourth-order valence-electron chi connectivity index (χ4n) is 5.38. The van der Waals surface area contributed by atoms with E-state index in [1.165, 1.54) is 0 Å². The van der Waals surface area contributed by atoms with Crippen LogP contribution in [0.1, 0.15) is 92.1 Å². The monoisotopic (exact) mass is 524 g/mol. The summed E-state index contributed by atoms with van der Waals surface area (Å²) < 4.78 is 88.1. The van der Waals surface area contributed by atoms with Crippen LogP contribution in [-0.4, -0.2) is 35.5 Å². The van der Waals surface area contributed by atoms with Crippen molar-refractivity contribution in [2.45, 2.75) is 57.3 Å². The Bertz CT molecular complexity index is 1310. The summed E-state index contributed by atoms with van der Waals surface area (Å²) in [6, 6.07) is 3.75. The van der Waals surface area contributed by atoms with E-state index in [-0.39, 0.29) is 30.4 Å². The molecule has 0 fully saturated rings. The molecular weight excluding hydrogens is 502 g/mol. The second-order valence-corrected chi connectivity index (χ2v) is 9.46. The SMILES string of the molecule is CCC1CC(=O)c2cc(C(c3ccc4c(c3)C(=O)C(CC)CC4=O)(C(F)(F)F)C(F)(F)F)ccc2C1=O. The standard InChI is InChI=1S/C27H22F6O4/c1-3-13-10-22(35)19-11-15(6-8-18(19)23(13)36)25(26(28,29)30,27(31,32)33)16-5-7-17-20(12-16)24(37)14(4-2)9-21(17)34/h5-8,11-14H,3-4,9-10H2,1-2H3. The predicted octanol–water partition coefficient (Wildman–Crippen LogP) is 6.69. The van der Waals surface area contributed by atoms with Crippen molar-refractivity contribution < 1.29 is 45.5 Å². The molecule has 2 unspecified atom stereocenters. The Labute approximate surface area is 208 Å². The molecule has 0 radical (unpaired) electrons. The maximum atomic E-state index is 14.7. The first-order chi connectivity index (χ1) is 17.2. The normalized spacial score (nSPS) is 20.6. The third kappa shape index (κ3) is 3.92. The number of fused-ring (bicyclic) bond motifs is 2. The molecule has 0 amide bonds. The van der Waals surface area contributed by atoms with Crippen molar-refractivity contribution in [3.8, 4) is 0 Å². The highest BCUT2D eigenvalue weighted by atomic mass is 19.4. The molecule has 2 aliphatic rings. The van der Waals surface area contributed by atoms with Crippen LogP contribution < -0.4 is 0 Å². The van der Waals surface area contributed by atoms with Gasteiger partial charge in [0.25, 0.3) is 0 Å². The van der Waals surface area contributed by atoms with Gasteiger partial charge < -0.3 is 0 Å². The van der Waals surface area contributed by atoms with Crippen molar-refractivity contribution >= 4 is 23.1 Å². The van der Waals surface area contributed by atoms with Crippen molar-refractivity contribution in [2.75, 3.05) is 0 Å². The molecule has 2 aromatic rings. The number of rotatable bonds is 4. The molecule has 37 heavy (non-hydrogen) atoms. The number of hydrogen-bond donors (Lipinski definition) is 0. The number of halogens is 6. The zero-order chi connectivity index (χ0) is 27.5. The van der Waals surface area contributed by atoms with Gasteiger partial charge in [-0.25, -0.2) is 0 Å².